The number of methoxy groups -OCH3 is 1. The molecule has 2 amide bonds. The first-order chi connectivity index (χ1) is 16.0. The maximum Gasteiger partial charge on any atom is 0.277 e. The highest BCUT2D eigenvalue weighted by molar-refractivity contribution is 6.35. The van der Waals surface area contributed by atoms with Crippen LogP contribution in [0.3, 0.4) is 0 Å². The normalized spacial score (nSPS) is 17.3. The van der Waals surface area contributed by atoms with Gasteiger partial charge in [-0.2, -0.15) is 0 Å². The number of carbonyl (C=O) groups is 2. The molecule has 1 fully saturated rings. The molecular formula is C26H31N3O4. The van der Waals surface area contributed by atoms with Gasteiger partial charge < -0.3 is 14.7 Å². The van der Waals surface area contributed by atoms with Crippen LogP contribution in [0.1, 0.15) is 16.7 Å². The van der Waals surface area contributed by atoms with Crippen molar-refractivity contribution in [3.63, 3.8) is 0 Å². The van der Waals surface area contributed by atoms with Crippen LogP contribution in [0.25, 0.3) is 5.57 Å². The van der Waals surface area contributed by atoms with Crippen LogP contribution in [0.4, 0.5) is 0 Å². The van der Waals surface area contributed by atoms with Crippen molar-refractivity contribution in [3.05, 3.63) is 70.9 Å². The molecule has 4 rings (SSSR count). The second-order valence-corrected chi connectivity index (χ2v) is 8.50. The molecule has 0 aliphatic carbocycles. The maximum absolute atomic E-state index is 13.5. The van der Waals surface area contributed by atoms with Gasteiger partial charge in [-0.25, -0.2) is 0 Å². The number of amides is 2. The number of benzene rings is 2. The summed E-state index contributed by atoms with van der Waals surface area (Å²) in [5.41, 5.74) is 3.91. The summed E-state index contributed by atoms with van der Waals surface area (Å²) in [6.07, 6.45) is 0.584. The molecule has 1 saturated heterocycles. The van der Waals surface area contributed by atoms with Gasteiger partial charge in [-0.05, 0) is 36.6 Å². The molecule has 0 atom stereocenters. The van der Waals surface area contributed by atoms with E-state index in [1.54, 1.807) is 7.11 Å². The molecule has 1 N–H and O–H groups in total. The molecule has 2 aliphatic rings. The van der Waals surface area contributed by atoms with E-state index in [-0.39, 0.29) is 18.4 Å². The number of imide groups is 1. The minimum absolute atomic E-state index is 0.119. The van der Waals surface area contributed by atoms with Gasteiger partial charge in [0.2, 0.25) is 0 Å². The third-order valence-electron chi connectivity index (χ3n) is 6.37. The summed E-state index contributed by atoms with van der Waals surface area (Å²) >= 11 is 0. The lowest BCUT2D eigenvalue weighted by Crippen LogP contribution is -2.48. The molecule has 0 radical (unpaired) electrons. The van der Waals surface area contributed by atoms with Gasteiger partial charge in [0, 0.05) is 39.3 Å². The standard InChI is InChI=1S/C26H31N3O4/c1-19-3-7-21(8-4-19)23-24(28-15-13-27(14-16-28)17-18-30)26(32)29(25(23)31)12-11-20-5-9-22(33-2)10-6-20/h3-10,30H,11-18H2,1-2H3. The minimum atomic E-state index is -0.231. The predicted molar refractivity (Wildman–Crippen MR) is 127 cm³/mol. The third kappa shape index (κ3) is 4.94. The lowest BCUT2D eigenvalue weighted by molar-refractivity contribution is -0.137. The Balaban J connectivity index is 1.57. The fourth-order valence-corrected chi connectivity index (χ4v) is 4.41. The second-order valence-electron chi connectivity index (χ2n) is 8.50. The summed E-state index contributed by atoms with van der Waals surface area (Å²) < 4.78 is 5.21. The molecule has 7 nitrogen and oxygen atoms in total. The number of hydrogen-bond donors (Lipinski definition) is 1. The lowest BCUT2D eigenvalue weighted by atomic mass is 10.0. The topological polar surface area (TPSA) is 73.3 Å². The second kappa shape index (κ2) is 10.2. The molecule has 0 spiro atoms. The molecule has 33 heavy (non-hydrogen) atoms. The number of hydrogen-bond acceptors (Lipinski definition) is 6. The Morgan fingerprint density at radius 2 is 1.55 bits per heavy atom. The molecule has 0 bridgehead atoms. The molecule has 0 aromatic heterocycles. The Kier molecular flexibility index (Phi) is 7.11. The zero-order valence-electron chi connectivity index (χ0n) is 19.3. The zero-order chi connectivity index (χ0) is 23.4. The Hall–Kier alpha value is -3.16. The number of aryl methyl sites for hydroxylation is 1. The van der Waals surface area contributed by atoms with Gasteiger partial charge in [-0.1, -0.05) is 42.0 Å². The summed E-state index contributed by atoms with van der Waals surface area (Å²) in [5, 5.41) is 9.23. The van der Waals surface area contributed by atoms with Crippen LogP contribution in [0.5, 0.6) is 5.75 Å². The average Bonchev–Trinajstić information content (AvgIpc) is 3.09. The van der Waals surface area contributed by atoms with Gasteiger partial charge in [0.15, 0.2) is 0 Å². The number of aliphatic hydroxyl groups is 1. The van der Waals surface area contributed by atoms with Gasteiger partial charge in [-0.3, -0.25) is 19.4 Å². The first-order valence-electron chi connectivity index (χ1n) is 11.4. The Morgan fingerprint density at radius 1 is 0.879 bits per heavy atom. The van der Waals surface area contributed by atoms with Crippen molar-refractivity contribution >= 4 is 17.4 Å². The largest absolute Gasteiger partial charge is 0.497 e. The number of β-amino-alcohol motifs (C(OH)–C–C–N with tert-alkyl or cyclic N) is 1. The number of aliphatic hydroxyl groups excluding tert-OH is 1. The number of piperazine rings is 1. The van der Waals surface area contributed by atoms with Gasteiger partial charge >= 0.3 is 0 Å². The van der Waals surface area contributed by atoms with E-state index in [9.17, 15) is 14.7 Å². The Bertz CT molecular complexity index is 1020. The summed E-state index contributed by atoms with van der Waals surface area (Å²) in [5.74, 6) is 0.322. The Labute approximate surface area is 194 Å². The van der Waals surface area contributed by atoms with Crippen LogP contribution in [0, 0.1) is 6.92 Å². The number of rotatable bonds is 8. The zero-order valence-corrected chi connectivity index (χ0v) is 19.3. The van der Waals surface area contributed by atoms with E-state index in [0.29, 0.717) is 43.9 Å². The van der Waals surface area contributed by atoms with E-state index >= 15 is 0 Å². The van der Waals surface area contributed by atoms with E-state index in [1.165, 1.54) is 4.90 Å². The van der Waals surface area contributed by atoms with Crippen molar-refractivity contribution in [1.29, 1.82) is 0 Å². The summed E-state index contributed by atoms with van der Waals surface area (Å²) in [6, 6.07) is 15.5. The molecule has 2 aromatic carbocycles. The van der Waals surface area contributed by atoms with Crippen LogP contribution in [0.2, 0.25) is 0 Å². The third-order valence-corrected chi connectivity index (χ3v) is 6.37. The summed E-state index contributed by atoms with van der Waals surface area (Å²) in [4.78, 5) is 32.6. The van der Waals surface area contributed by atoms with Crippen molar-refractivity contribution in [3.8, 4) is 5.75 Å². The fourth-order valence-electron chi connectivity index (χ4n) is 4.41. The maximum atomic E-state index is 13.5. The molecule has 174 valence electrons. The van der Waals surface area contributed by atoms with E-state index in [4.69, 9.17) is 4.74 Å². The van der Waals surface area contributed by atoms with Crippen molar-refractivity contribution in [2.24, 2.45) is 0 Å². The van der Waals surface area contributed by atoms with E-state index in [2.05, 4.69) is 4.90 Å². The smallest absolute Gasteiger partial charge is 0.277 e. The van der Waals surface area contributed by atoms with Crippen LogP contribution < -0.4 is 4.74 Å². The molecule has 0 saturated carbocycles. The Morgan fingerprint density at radius 3 is 2.15 bits per heavy atom. The summed E-state index contributed by atoms with van der Waals surface area (Å²) in [6.45, 7) is 5.87. The molecule has 7 heteroatoms. The number of nitrogens with zero attached hydrogens (tertiary/aromatic N) is 3. The fraction of sp³-hybridized carbons (Fsp3) is 0.385. The van der Waals surface area contributed by atoms with Crippen LogP contribution in [-0.4, -0.2) is 84.6 Å². The molecule has 2 aromatic rings. The SMILES string of the molecule is COc1ccc(CCN2C(=O)C(c3ccc(C)cc3)=C(N3CCN(CCO)CC3)C2=O)cc1. The van der Waals surface area contributed by atoms with E-state index < -0.39 is 0 Å². The number of carbonyl (C=O) groups excluding carboxylic acids is 2. The van der Waals surface area contributed by atoms with Crippen molar-refractivity contribution in [2.75, 3.05) is 53.0 Å². The average molecular weight is 450 g/mol. The number of ether oxygens (including phenoxy) is 1. The van der Waals surface area contributed by atoms with Gasteiger partial charge in [-0.15, -0.1) is 0 Å². The molecule has 2 heterocycles. The van der Waals surface area contributed by atoms with E-state index in [0.717, 1.165) is 35.5 Å². The van der Waals surface area contributed by atoms with Gasteiger partial charge in [0.25, 0.3) is 11.8 Å². The van der Waals surface area contributed by atoms with Crippen molar-refractivity contribution in [2.45, 2.75) is 13.3 Å². The minimum Gasteiger partial charge on any atom is -0.497 e. The van der Waals surface area contributed by atoms with Crippen molar-refractivity contribution in [1.82, 2.24) is 14.7 Å². The van der Waals surface area contributed by atoms with Crippen LogP contribution in [0.15, 0.2) is 54.2 Å². The highest BCUT2D eigenvalue weighted by atomic mass is 16.5. The molecular weight excluding hydrogens is 418 g/mol. The lowest BCUT2D eigenvalue weighted by Gasteiger charge is -2.36. The molecule has 2 aliphatic heterocycles. The predicted octanol–water partition coefficient (Wildman–Crippen LogP) is 1.94. The molecule has 0 unspecified atom stereocenters. The highest BCUT2D eigenvalue weighted by Crippen LogP contribution is 2.32. The van der Waals surface area contributed by atoms with Gasteiger partial charge in [0.1, 0.15) is 11.4 Å². The van der Waals surface area contributed by atoms with E-state index in [1.807, 2.05) is 60.4 Å². The first-order valence-corrected chi connectivity index (χ1v) is 11.4. The van der Waals surface area contributed by atoms with Gasteiger partial charge in [0.05, 0.1) is 19.3 Å². The van der Waals surface area contributed by atoms with Crippen molar-refractivity contribution < 1.29 is 19.4 Å². The summed E-state index contributed by atoms with van der Waals surface area (Å²) in [7, 11) is 1.62. The van der Waals surface area contributed by atoms with Crippen LogP contribution in [-0.2, 0) is 16.0 Å². The monoisotopic (exact) mass is 449 g/mol. The quantitative estimate of drug-likeness (QED) is 0.621. The van der Waals surface area contributed by atoms with Crippen LogP contribution >= 0.6 is 0 Å². The highest BCUT2D eigenvalue weighted by Gasteiger charge is 2.41. The first kappa shape index (κ1) is 23.0.